The zero-order valence-electron chi connectivity index (χ0n) is 20.6. The number of carbonyl (C=O) groups is 2. The molecule has 2 amide bonds. The predicted molar refractivity (Wildman–Crippen MR) is 143 cm³/mol. The maximum absolute atomic E-state index is 13.8. The molecule has 2 aliphatic rings. The van der Waals surface area contributed by atoms with Crippen LogP contribution in [0.25, 0.3) is 5.57 Å². The minimum Gasteiger partial charge on any atom is -0.372 e. The van der Waals surface area contributed by atoms with E-state index in [9.17, 15) is 9.59 Å². The highest BCUT2D eigenvalue weighted by Gasteiger charge is 2.41. The normalized spacial score (nSPS) is 16.3. The van der Waals surface area contributed by atoms with Gasteiger partial charge in [-0.15, -0.1) is 0 Å². The molecule has 0 atom stereocenters. The number of hydrogen-bond donors (Lipinski definition) is 1. The first-order chi connectivity index (χ1) is 16.9. The molecular formula is C30H31N3O2. The molecule has 5 nitrogen and oxygen atoms in total. The van der Waals surface area contributed by atoms with E-state index in [4.69, 9.17) is 0 Å². The monoisotopic (exact) mass is 465 g/mol. The molecular weight excluding hydrogens is 434 g/mol. The van der Waals surface area contributed by atoms with Gasteiger partial charge in [-0.1, -0.05) is 42.0 Å². The lowest BCUT2D eigenvalue weighted by Gasteiger charge is -2.28. The number of nitrogens with one attached hydrogen (secondary N) is 1. The molecule has 178 valence electrons. The third kappa shape index (κ3) is 4.34. The van der Waals surface area contributed by atoms with Crippen LogP contribution in [-0.2, 0) is 9.59 Å². The van der Waals surface area contributed by atoms with Crippen LogP contribution < -0.4 is 15.1 Å². The Morgan fingerprint density at radius 1 is 0.743 bits per heavy atom. The average Bonchev–Trinajstić information content (AvgIpc) is 3.10. The lowest BCUT2D eigenvalue weighted by Crippen LogP contribution is -2.33. The van der Waals surface area contributed by atoms with Gasteiger partial charge >= 0.3 is 0 Å². The molecule has 5 heteroatoms. The van der Waals surface area contributed by atoms with Gasteiger partial charge in [-0.2, -0.15) is 0 Å². The van der Waals surface area contributed by atoms with E-state index in [2.05, 4.69) is 22.3 Å². The van der Waals surface area contributed by atoms with Crippen LogP contribution in [-0.4, -0.2) is 24.9 Å². The van der Waals surface area contributed by atoms with E-state index < -0.39 is 0 Å². The van der Waals surface area contributed by atoms with Gasteiger partial charge in [-0.05, 0) is 87.1 Å². The second-order valence-electron chi connectivity index (χ2n) is 9.52. The molecule has 35 heavy (non-hydrogen) atoms. The third-order valence-corrected chi connectivity index (χ3v) is 6.95. The number of anilines is 3. The van der Waals surface area contributed by atoms with Crippen molar-refractivity contribution in [2.45, 2.75) is 40.0 Å². The van der Waals surface area contributed by atoms with Gasteiger partial charge in [0.05, 0.1) is 11.3 Å². The molecule has 0 radical (unpaired) electrons. The van der Waals surface area contributed by atoms with E-state index in [1.54, 1.807) is 0 Å². The number of imide groups is 1. The Morgan fingerprint density at radius 2 is 1.46 bits per heavy atom. The van der Waals surface area contributed by atoms with E-state index >= 15 is 0 Å². The molecule has 0 spiro atoms. The molecule has 3 aromatic carbocycles. The van der Waals surface area contributed by atoms with Gasteiger partial charge in [-0.3, -0.25) is 9.59 Å². The molecule has 2 heterocycles. The highest BCUT2D eigenvalue weighted by molar-refractivity contribution is 6.46. The highest BCUT2D eigenvalue weighted by atomic mass is 16.2. The van der Waals surface area contributed by atoms with Gasteiger partial charge in [-0.25, -0.2) is 4.90 Å². The minimum atomic E-state index is -0.334. The van der Waals surface area contributed by atoms with Crippen LogP contribution in [0.5, 0.6) is 0 Å². The Labute approximate surface area is 207 Å². The van der Waals surface area contributed by atoms with Crippen LogP contribution in [0.1, 0.15) is 41.5 Å². The number of aryl methyl sites for hydroxylation is 3. The summed E-state index contributed by atoms with van der Waals surface area (Å²) in [6, 6.07) is 21.6. The molecule has 1 N–H and O–H groups in total. The quantitative estimate of drug-likeness (QED) is 0.470. The summed E-state index contributed by atoms with van der Waals surface area (Å²) in [5.41, 5.74) is 7.05. The second kappa shape index (κ2) is 9.41. The van der Waals surface area contributed by atoms with Crippen LogP contribution in [0.15, 0.2) is 72.4 Å². The van der Waals surface area contributed by atoms with Gasteiger partial charge in [0.15, 0.2) is 0 Å². The maximum Gasteiger partial charge on any atom is 0.282 e. The van der Waals surface area contributed by atoms with Crippen LogP contribution in [0.4, 0.5) is 17.1 Å². The van der Waals surface area contributed by atoms with E-state index in [1.165, 1.54) is 29.8 Å². The molecule has 0 aliphatic carbocycles. The first-order valence-electron chi connectivity index (χ1n) is 12.3. The second-order valence-corrected chi connectivity index (χ2v) is 9.52. The fourth-order valence-electron chi connectivity index (χ4n) is 5.07. The van der Waals surface area contributed by atoms with Crippen molar-refractivity contribution in [2.75, 3.05) is 28.2 Å². The van der Waals surface area contributed by atoms with Crippen molar-refractivity contribution >= 4 is 34.4 Å². The van der Waals surface area contributed by atoms with E-state index in [0.717, 1.165) is 41.0 Å². The number of amides is 2. The number of hydrogen-bond acceptors (Lipinski definition) is 4. The SMILES string of the molecule is Cc1ccc(C2=C(Nc3ccc(N4CCCCC4)cc3)C(=O)N(c3ccccc3C)C2=O)c(C)c1. The Balaban J connectivity index is 1.54. The standard InChI is InChI=1S/C30H31N3O2/c1-20-11-16-25(22(3)19-20)27-28(30(35)33(29(27)34)26-10-6-5-9-21(26)2)31-23-12-14-24(15-13-23)32-17-7-4-8-18-32/h5-6,9-16,19,31H,4,7-8,17-18H2,1-3H3. The third-order valence-electron chi connectivity index (χ3n) is 6.95. The van der Waals surface area contributed by atoms with Crippen molar-refractivity contribution in [1.29, 1.82) is 0 Å². The Morgan fingerprint density at radius 3 is 2.14 bits per heavy atom. The Kier molecular flexibility index (Phi) is 6.16. The Hall–Kier alpha value is -3.86. The minimum absolute atomic E-state index is 0.302. The summed E-state index contributed by atoms with van der Waals surface area (Å²) < 4.78 is 0. The summed E-state index contributed by atoms with van der Waals surface area (Å²) in [6.45, 7) is 8.07. The van der Waals surface area contributed by atoms with Crippen LogP contribution in [0.2, 0.25) is 0 Å². The molecule has 0 unspecified atom stereocenters. The fourth-order valence-corrected chi connectivity index (χ4v) is 5.07. The molecule has 1 fully saturated rings. The molecule has 1 saturated heterocycles. The smallest absolute Gasteiger partial charge is 0.282 e. The van der Waals surface area contributed by atoms with Crippen LogP contribution in [0.3, 0.4) is 0 Å². The van der Waals surface area contributed by atoms with Crippen molar-refractivity contribution in [1.82, 2.24) is 0 Å². The van der Waals surface area contributed by atoms with Crippen LogP contribution in [0, 0.1) is 20.8 Å². The van der Waals surface area contributed by atoms with Gasteiger partial charge in [0.25, 0.3) is 11.8 Å². The number of rotatable bonds is 5. The molecule has 2 aliphatic heterocycles. The summed E-state index contributed by atoms with van der Waals surface area (Å²) in [5, 5.41) is 3.31. The first kappa shape index (κ1) is 22.9. The summed E-state index contributed by atoms with van der Waals surface area (Å²) in [6.07, 6.45) is 3.73. The molecule has 0 saturated carbocycles. The topological polar surface area (TPSA) is 52.7 Å². The number of benzene rings is 3. The Bertz CT molecular complexity index is 1320. The van der Waals surface area contributed by atoms with Gasteiger partial charge in [0.2, 0.25) is 0 Å². The van der Waals surface area contributed by atoms with E-state index in [-0.39, 0.29) is 11.8 Å². The van der Waals surface area contributed by atoms with E-state index in [1.807, 2.05) is 75.4 Å². The van der Waals surface area contributed by atoms with Crippen molar-refractivity contribution in [3.8, 4) is 0 Å². The van der Waals surface area contributed by atoms with Gasteiger partial charge < -0.3 is 10.2 Å². The summed E-state index contributed by atoms with van der Waals surface area (Å²) in [5.74, 6) is -0.636. The van der Waals surface area contributed by atoms with Gasteiger partial charge in [0, 0.05) is 24.5 Å². The lowest BCUT2D eigenvalue weighted by atomic mass is 9.97. The average molecular weight is 466 g/mol. The van der Waals surface area contributed by atoms with Crippen molar-refractivity contribution in [3.63, 3.8) is 0 Å². The molecule has 0 bridgehead atoms. The number of carbonyl (C=O) groups excluding carboxylic acids is 2. The fraction of sp³-hybridized carbons (Fsp3) is 0.267. The summed E-state index contributed by atoms with van der Waals surface area (Å²) in [7, 11) is 0. The number of nitrogens with zero attached hydrogens (tertiary/aromatic N) is 2. The number of piperidine rings is 1. The largest absolute Gasteiger partial charge is 0.372 e. The van der Waals surface area contributed by atoms with E-state index in [0.29, 0.717) is 17.0 Å². The van der Waals surface area contributed by atoms with Crippen molar-refractivity contribution in [2.24, 2.45) is 0 Å². The van der Waals surface area contributed by atoms with Gasteiger partial charge in [0.1, 0.15) is 5.70 Å². The number of para-hydroxylation sites is 1. The van der Waals surface area contributed by atoms with Crippen molar-refractivity contribution < 1.29 is 9.59 Å². The molecule has 3 aromatic rings. The zero-order valence-corrected chi connectivity index (χ0v) is 20.6. The summed E-state index contributed by atoms with van der Waals surface area (Å²) >= 11 is 0. The summed E-state index contributed by atoms with van der Waals surface area (Å²) in [4.78, 5) is 31.2. The lowest BCUT2D eigenvalue weighted by molar-refractivity contribution is -0.120. The van der Waals surface area contributed by atoms with Crippen LogP contribution >= 0.6 is 0 Å². The van der Waals surface area contributed by atoms with Crippen molar-refractivity contribution in [3.05, 3.63) is 94.7 Å². The zero-order chi connectivity index (χ0) is 24.5. The first-order valence-corrected chi connectivity index (χ1v) is 12.3. The predicted octanol–water partition coefficient (Wildman–Crippen LogP) is 6.00. The maximum atomic E-state index is 13.8. The molecule has 5 rings (SSSR count). The molecule has 0 aromatic heterocycles. The highest BCUT2D eigenvalue weighted by Crippen LogP contribution is 2.36.